The van der Waals surface area contributed by atoms with E-state index in [1.165, 1.54) is 16.1 Å². The monoisotopic (exact) mass is 556 g/mol. The van der Waals surface area contributed by atoms with Gasteiger partial charge in [0.05, 0.1) is 14.2 Å². The molecule has 0 radical (unpaired) electrons. The Morgan fingerprint density at radius 3 is 2.67 bits per heavy atom. The first kappa shape index (κ1) is 28.5. The van der Waals surface area contributed by atoms with Crippen LogP contribution in [0.1, 0.15) is 49.9 Å². The number of tetrazole rings is 1. The lowest BCUT2D eigenvalue weighted by molar-refractivity contribution is -0.142. The average molecular weight is 557 g/mol. The van der Waals surface area contributed by atoms with Gasteiger partial charge >= 0.3 is 0 Å². The Morgan fingerprint density at radius 2 is 1.97 bits per heavy atom. The molecule has 0 spiro atoms. The zero-order valence-electron chi connectivity index (χ0n) is 22.7. The molecule has 12 heteroatoms. The van der Waals surface area contributed by atoms with Gasteiger partial charge in [-0.3, -0.25) is 9.59 Å². The van der Waals surface area contributed by atoms with Gasteiger partial charge in [-0.15, -0.1) is 21.5 Å². The van der Waals surface area contributed by atoms with Crippen LogP contribution in [-0.2, 0) is 20.9 Å². The summed E-state index contributed by atoms with van der Waals surface area (Å²) in [7, 11) is 3.12. The molecule has 2 aromatic heterocycles. The minimum atomic E-state index is -0.742. The highest BCUT2D eigenvalue weighted by atomic mass is 32.1. The Morgan fingerprint density at radius 1 is 1.18 bits per heavy atom. The van der Waals surface area contributed by atoms with Crippen LogP contribution < -0.4 is 14.8 Å². The number of hydrogen-bond acceptors (Lipinski definition) is 9. The van der Waals surface area contributed by atoms with E-state index in [2.05, 4.69) is 20.7 Å². The number of benzene rings is 1. The van der Waals surface area contributed by atoms with Crippen LogP contribution in [0.5, 0.6) is 11.5 Å². The van der Waals surface area contributed by atoms with Crippen LogP contribution in [0.4, 0.5) is 0 Å². The molecule has 2 heterocycles. The van der Waals surface area contributed by atoms with Gasteiger partial charge in [0.15, 0.2) is 11.5 Å². The summed E-state index contributed by atoms with van der Waals surface area (Å²) < 4.78 is 16.2. The first-order chi connectivity index (χ1) is 19.0. The molecule has 1 saturated carbocycles. The number of carbonyl (C=O) groups excluding carboxylic acids is 2. The Balaban J connectivity index is 1.55. The summed E-state index contributed by atoms with van der Waals surface area (Å²) in [6.45, 7) is 3.21. The van der Waals surface area contributed by atoms with E-state index in [-0.39, 0.29) is 24.4 Å². The van der Waals surface area contributed by atoms with Gasteiger partial charge in [0.25, 0.3) is 0 Å². The number of nitrogens with zero attached hydrogens (tertiary/aromatic N) is 5. The number of thiophene rings is 1. The third kappa shape index (κ3) is 7.33. The first-order valence-electron chi connectivity index (χ1n) is 13.2. The molecule has 0 saturated heterocycles. The van der Waals surface area contributed by atoms with Crippen LogP contribution in [0.15, 0.2) is 35.7 Å². The Bertz CT molecular complexity index is 1210. The van der Waals surface area contributed by atoms with Crippen molar-refractivity contribution in [3.63, 3.8) is 0 Å². The van der Waals surface area contributed by atoms with E-state index >= 15 is 0 Å². The van der Waals surface area contributed by atoms with Crippen LogP contribution in [0, 0.1) is 0 Å². The van der Waals surface area contributed by atoms with Crippen molar-refractivity contribution in [3.05, 3.63) is 40.6 Å². The molecular formula is C27H36N6O5S. The van der Waals surface area contributed by atoms with Crippen molar-refractivity contribution >= 4 is 23.2 Å². The van der Waals surface area contributed by atoms with Crippen molar-refractivity contribution in [2.45, 2.75) is 57.7 Å². The van der Waals surface area contributed by atoms with E-state index in [4.69, 9.17) is 14.2 Å². The lowest BCUT2D eigenvalue weighted by Crippen LogP contribution is -2.47. The Kier molecular flexibility index (Phi) is 10.3. The normalized spacial score (nSPS) is 14.2. The van der Waals surface area contributed by atoms with Crippen LogP contribution >= 0.6 is 11.3 Å². The maximum Gasteiger partial charge on any atom is 0.248 e. The summed E-state index contributed by atoms with van der Waals surface area (Å²) in [5, 5.41) is 17.8. The molecule has 1 atom stereocenters. The van der Waals surface area contributed by atoms with Gasteiger partial charge in [-0.05, 0) is 61.0 Å². The zero-order chi connectivity index (χ0) is 27.6. The highest BCUT2D eigenvalue weighted by Gasteiger charge is 2.34. The second-order valence-corrected chi connectivity index (χ2v) is 10.2. The second kappa shape index (κ2) is 14.0. The fourth-order valence-corrected chi connectivity index (χ4v) is 5.55. The van der Waals surface area contributed by atoms with Gasteiger partial charge in [0, 0.05) is 36.2 Å². The largest absolute Gasteiger partial charge is 0.493 e. The SMILES string of the molecule is CCOCCCN(C(=O)Cn1nnc(-c2ccc(OC)c(OC)c2)n1)C(C(=O)NC1CCCC1)c1cccs1. The summed E-state index contributed by atoms with van der Waals surface area (Å²) in [6.07, 6.45) is 4.73. The standard InChI is InChI=1S/C27H36N6O5S/c1-4-38-15-8-14-32(25(23-11-7-16-39-23)27(35)28-20-9-5-6-10-20)24(34)18-33-30-26(29-31-33)19-12-13-21(36-2)22(17-19)37-3/h7,11-13,16-17,20,25H,4-6,8-10,14-15,18H2,1-3H3,(H,28,35). The number of methoxy groups -OCH3 is 2. The van der Waals surface area contributed by atoms with E-state index in [1.54, 1.807) is 37.3 Å². The molecule has 1 aliphatic carbocycles. The van der Waals surface area contributed by atoms with E-state index < -0.39 is 6.04 Å². The van der Waals surface area contributed by atoms with E-state index in [1.807, 2.05) is 24.4 Å². The molecule has 0 aliphatic heterocycles. The van der Waals surface area contributed by atoms with Crippen LogP contribution in [0.25, 0.3) is 11.4 Å². The summed E-state index contributed by atoms with van der Waals surface area (Å²) in [5.41, 5.74) is 0.673. The molecule has 1 aliphatic rings. The van der Waals surface area contributed by atoms with E-state index in [0.29, 0.717) is 49.1 Å². The lowest BCUT2D eigenvalue weighted by atomic mass is 10.1. The minimum Gasteiger partial charge on any atom is -0.493 e. The highest BCUT2D eigenvalue weighted by molar-refractivity contribution is 7.10. The van der Waals surface area contributed by atoms with Crippen molar-refractivity contribution < 1.29 is 23.8 Å². The summed E-state index contributed by atoms with van der Waals surface area (Å²) >= 11 is 1.46. The van der Waals surface area contributed by atoms with Gasteiger partial charge in [-0.1, -0.05) is 18.9 Å². The molecule has 4 rings (SSSR count). The molecule has 11 nitrogen and oxygen atoms in total. The van der Waals surface area contributed by atoms with E-state index in [9.17, 15) is 9.59 Å². The molecule has 2 amide bonds. The maximum absolute atomic E-state index is 13.7. The molecular weight excluding hydrogens is 520 g/mol. The molecule has 1 N–H and O–H groups in total. The molecule has 1 fully saturated rings. The van der Waals surface area contributed by atoms with Crippen LogP contribution in [0.2, 0.25) is 0 Å². The van der Waals surface area contributed by atoms with Crippen LogP contribution in [0.3, 0.4) is 0 Å². The summed E-state index contributed by atoms with van der Waals surface area (Å²) in [6, 6.07) is 8.50. The van der Waals surface area contributed by atoms with Gasteiger partial charge < -0.3 is 24.4 Å². The van der Waals surface area contributed by atoms with Crippen molar-refractivity contribution in [1.29, 1.82) is 0 Å². The molecule has 3 aromatic rings. The fourth-order valence-electron chi connectivity index (χ4n) is 4.71. The van der Waals surface area contributed by atoms with Crippen molar-refractivity contribution in [3.8, 4) is 22.9 Å². The average Bonchev–Trinajstić information content (AvgIpc) is 3.74. The maximum atomic E-state index is 13.7. The smallest absolute Gasteiger partial charge is 0.248 e. The van der Waals surface area contributed by atoms with Gasteiger partial charge in [-0.25, -0.2) is 0 Å². The molecule has 0 bridgehead atoms. The third-order valence-electron chi connectivity index (χ3n) is 6.66. The number of carbonyl (C=O) groups is 2. The lowest BCUT2D eigenvalue weighted by Gasteiger charge is -2.31. The van der Waals surface area contributed by atoms with Gasteiger partial charge in [0.2, 0.25) is 17.6 Å². The number of amides is 2. The predicted molar refractivity (Wildman–Crippen MR) is 147 cm³/mol. The number of ether oxygens (including phenoxy) is 3. The molecule has 1 aromatic carbocycles. The molecule has 210 valence electrons. The molecule has 39 heavy (non-hydrogen) atoms. The summed E-state index contributed by atoms with van der Waals surface area (Å²) in [4.78, 5) is 31.0. The number of hydrogen-bond donors (Lipinski definition) is 1. The second-order valence-electron chi connectivity index (χ2n) is 9.26. The predicted octanol–water partition coefficient (Wildman–Crippen LogP) is 3.47. The Hall–Kier alpha value is -3.51. The van der Waals surface area contributed by atoms with Crippen molar-refractivity contribution in [1.82, 2.24) is 30.4 Å². The number of rotatable bonds is 14. The first-order valence-corrected chi connectivity index (χ1v) is 14.1. The van der Waals surface area contributed by atoms with E-state index in [0.717, 1.165) is 30.6 Å². The molecule has 1 unspecified atom stereocenters. The van der Waals surface area contributed by atoms with Gasteiger partial charge in [0.1, 0.15) is 12.6 Å². The van der Waals surface area contributed by atoms with Crippen molar-refractivity contribution in [2.75, 3.05) is 34.0 Å². The van der Waals surface area contributed by atoms with Crippen LogP contribution in [-0.4, -0.2) is 76.9 Å². The fraction of sp³-hybridized carbons (Fsp3) is 0.519. The number of aromatic nitrogens is 4. The van der Waals surface area contributed by atoms with Crippen molar-refractivity contribution in [2.24, 2.45) is 0 Å². The quantitative estimate of drug-likeness (QED) is 0.300. The topological polar surface area (TPSA) is 121 Å². The third-order valence-corrected chi connectivity index (χ3v) is 7.58. The number of nitrogens with one attached hydrogen (secondary N) is 1. The minimum absolute atomic E-state index is 0.140. The van der Waals surface area contributed by atoms with Gasteiger partial charge in [-0.2, -0.15) is 4.80 Å². The highest BCUT2D eigenvalue weighted by Crippen LogP contribution is 2.31. The zero-order valence-corrected chi connectivity index (χ0v) is 23.5. The summed E-state index contributed by atoms with van der Waals surface area (Å²) in [5.74, 6) is 1.03. The Labute approximate surface area is 232 Å².